The summed E-state index contributed by atoms with van der Waals surface area (Å²) in [5.74, 6) is -2.14. The van der Waals surface area contributed by atoms with Crippen LogP contribution in [0.4, 0.5) is 0 Å². The van der Waals surface area contributed by atoms with Crippen LogP contribution in [0, 0.1) is 0 Å². The second-order valence-electron chi connectivity index (χ2n) is 13.9. The standard InChI is InChI=1S/C36H66N4O11.C4H11N/c1-3-4-5-6-7-8-9-10-13-16-33(43)40-31(36(46)47)17-18-32(42)38-20-22-48-24-27-51-29-35(45)39-21-23-49-25-26-50-28-34(44)37-19-14-11-12-15-30(2)41;1-4(2)5-3/h31H,3-29H2,1-2H3,(H,37,44)(H,38,42)(H,39,45)(H,40,43)(H,46,47);4-5H,1-3H3. The summed E-state index contributed by atoms with van der Waals surface area (Å²) in [6.07, 6.45) is 13.5. The van der Waals surface area contributed by atoms with E-state index in [0.29, 0.717) is 25.6 Å². The average Bonchev–Trinajstić information content (AvgIpc) is 3.16. The summed E-state index contributed by atoms with van der Waals surface area (Å²) in [7, 11) is 1.95. The average molecular weight is 804 g/mol. The first kappa shape index (κ1) is 54.9. The predicted octanol–water partition coefficient (Wildman–Crippen LogP) is 3.44. The Labute approximate surface area is 336 Å². The van der Waals surface area contributed by atoms with Gasteiger partial charge in [-0.15, -0.1) is 0 Å². The molecule has 0 aromatic carbocycles. The lowest BCUT2D eigenvalue weighted by Crippen LogP contribution is -2.41. The van der Waals surface area contributed by atoms with Gasteiger partial charge in [0.15, 0.2) is 0 Å². The lowest BCUT2D eigenvalue weighted by atomic mass is 10.1. The maximum atomic E-state index is 12.2. The van der Waals surface area contributed by atoms with Crippen molar-refractivity contribution in [3.63, 3.8) is 0 Å². The van der Waals surface area contributed by atoms with Gasteiger partial charge in [0.05, 0.1) is 39.6 Å². The molecule has 0 radical (unpaired) electrons. The zero-order valence-electron chi connectivity index (χ0n) is 35.3. The summed E-state index contributed by atoms with van der Waals surface area (Å²) in [6, 6.07) is -0.479. The Kier molecular flexibility index (Phi) is 40.7. The van der Waals surface area contributed by atoms with E-state index in [4.69, 9.17) is 18.9 Å². The van der Waals surface area contributed by atoms with Crippen molar-refractivity contribution >= 4 is 35.4 Å². The first-order valence-electron chi connectivity index (χ1n) is 20.7. The number of nitrogens with one attached hydrogen (secondary N) is 5. The van der Waals surface area contributed by atoms with E-state index in [9.17, 15) is 33.9 Å². The third-order valence-corrected chi connectivity index (χ3v) is 8.25. The molecule has 1 atom stereocenters. The number of carboxylic acid groups (broad SMARTS) is 1. The first-order chi connectivity index (χ1) is 26.9. The van der Waals surface area contributed by atoms with Gasteiger partial charge in [-0.3, -0.25) is 19.2 Å². The second-order valence-corrected chi connectivity index (χ2v) is 13.9. The fourth-order valence-corrected chi connectivity index (χ4v) is 4.78. The molecule has 16 heteroatoms. The quantitative estimate of drug-likeness (QED) is 0.0495. The van der Waals surface area contributed by atoms with Gasteiger partial charge in [-0.05, 0) is 39.7 Å². The number of Topliss-reactive ketones (excluding diaryl/α,β-unsaturated/α-hetero) is 1. The molecule has 0 heterocycles. The number of carbonyl (C=O) groups excluding carboxylic acids is 5. The number of carboxylic acids is 1. The fourth-order valence-electron chi connectivity index (χ4n) is 4.78. The fraction of sp³-hybridized carbons (Fsp3) is 0.850. The molecule has 56 heavy (non-hydrogen) atoms. The number of hydrogen-bond acceptors (Lipinski definition) is 11. The molecule has 0 bridgehead atoms. The van der Waals surface area contributed by atoms with Crippen molar-refractivity contribution in [2.45, 2.75) is 143 Å². The highest BCUT2D eigenvalue weighted by Crippen LogP contribution is 2.11. The molecule has 0 aliphatic rings. The van der Waals surface area contributed by atoms with Gasteiger partial charge in [-0.1, -0.05) is 78.6 Å². The van der Waals surface area contributed by atoms with E-state index in [2.05, 4.69) is 47.4 Å². The zero-order valence-corrected chi connectivity index (χ0v) is 35.3. The van der Waals surface area contributed by atoms with Crippen LogP contribution in [0.15, 0.2) is 0 Å². The Hall–Kier alpha value is -3.18. The molecule has 6 N–H and O–H groups in total. The van der Waals surface area contributed by atoms with Crippen molar-refractivity contribution in [3.05, 3.63) is 0 Å². The van der Waals surface area contributed by atoms with Gasteiger partial charge >= 0.3 is 5.97 Å². The van der Waals surface area contributed by atoms with Crippen molar-refractivity contribution < 1.29 is 52.8 Å². The minimum Gasteiger partial charge on any atom is -0.480 e. The van der Waals surface area contributed by atoms with E-state index in [1.807, 2.05) is 7.05 Å². The number of rotatable bonds is 38. The topological polar surface area (TPSA) is 220 Å². The minimum atomic E-state index is -1.17. The van der Waals surface area contributed by atoms with Gasteiger partial charge in [0, 0.05) is 44.9 Å². The molecule has 0 aromatic heterocycles. The Bertz CT molecular complexity index is 1020. The van der Waals surface area contributed by atoms with E-state index in [1.165, 1.54) is 32.1 Å². The third kappa shape index (κ3) is 43.5. The Morgan fingerprint density at radius 1 is 0.536 bits per heavy atom. The summed E-state index contributed by atoms with van der Waals surface area (Å²) in [4.78, 5) is 70.3. The Balaban J connectivity index is 0. The van der Waals surface area contributed by atoms with Crippen LogP contribution in [-0.4, -0.2) is 132 Å². The molecule has 0 fully saturated rings. The Morgan fingerprint density at radius 3 is 1.48 bits per heavy atom. The first-order valence-corrected chi connectivity index (χ1v) is 20.7. The van der Waals surface area contributed by atoms with E-state index >= 15 is 0 Å². The van der Waals surface area contributed by atoms with E-state index < -0.39 is 12.0 Å². The van der Waals surface area contributed by atoms with Crippen LogP contribution in [0.2, 0.25) is 0 Å². The van der Waals surface area contributed by atoms with E-state index in [0.717, 1.165) is 44.9 Å². The monoisotopic (exact) mass is 804 g/mol. The smallest absolute Gasteiger partial charge is 0.326 e. The molecule has 0 aromatic rings. The number of unbranched alkanes of at least 4 members (excludes halogenated alkanes) is 10. The maximum absolute atomic E-state index is 12.2. The predicted molar refractivity (Wildman–Crippen MR) is 216 cm³/mol. The zero-order chi connectivity index (χ0) is 42.1. The maximum Gasteiger partial charge on any atom is 0.326 e. The summed E-state index contributed by atoms with van der Waals surface area (Å²) < 4.78 is 21.3. The molecule has 0 saturated heterocycles. The molecular formula is C40H77N5O11. The number of hydrogen-bond donors (Lipinski definition) is 6. The van der Waals surface area contributed by atoms with E-state index in [1.54, 1.807) is 6.92 Å². The van der Waals surface area contributed by atoms with Crippen molar-refractivity contribution in [1.29, 1.82) is 0 Å². The van der Waals surface area contributed by atoms with Crippen molar-refractivity contribution in [1.82, 2.24) is 26.6 Å². The highest BCUT2D eigenvalue weighted by Gasteiger charge is 2.20. The van der Waals surface area contributed by atoms with Gasteiger partial charge < -0.3 is 55.4 Å². The number of amides is 4. The number of ether oxygens (including phenoxy) is 4. The van der Waals surface area contributed by atoms with E-state index in [-0.39, 0.29) is 108 Å². The summed E-state index contributed by atoms with van der Waals surface area (Å²) in [6.45, 7) is 10.3. The molecule has 0 aliphatic carbocycles. The molecule has 16 nitrogen and oxygen atoms in total. The molecule has 1 unspecified atom stereocenters. The van der Waals surface area contributed by atoms with Gasteiger partial charge in [0.2, 0.25) is 23.6 Å². The van der Waals surface area contributed by atoms with Gasteiger partial charge in [-0.2, -0.15) is 0 Å². The molecular weight excluding hydrogens is 726 g/mol. The molecule has 4 amide bonds. The summed E-state index contributed by atoms with van der Waals surface area (Å²) in [5, 5.41) is 23.1. The van der Waals surface area contributed by atoms with Crippen molar-refractivity contribution in [2.75, 3.05) is 79.5 Å². The Morgan fingerprint density at radius 2 is 0.982 bits per heavy atom. The summed E-state index contributed by atoms with van der Waals surface area (Å²) >= 11 is 0. The van der Waals surface area contributed by atoms with Crippen LogP contribution in [-0.2, 0) is 47.7 Å². The number of carbonyl (C=O) groups is 6. The summed E-state index contributed by atoms with van der Waals surface area (Å²) in [5.41, 5.74) is 0. The normalized spacial score (nSPS) is 11.3. The highest BCUT2D eigenvalue weighted by molar-refractivity contribution is 5.84. The van der Waals surface area contributed by atoms with Crippen LogP contribution in [0.1, 0.15) is 130 Å². The lowest BCUT2D eigenvalue weighted by molar-refractivity contribution is -0.142. The van der Waals surface area contributed by atoms with Crippen LogP contribution >= 0.6 is 0 Å². The molecule has 0 aliphatic heterocycles. The van der Waals surface area contributed by atoms with Crippen LogP contribution in [0.3, 0.4) is 0 Å². The lowest BCUT2D eigenvalue weighted by Gasteiger charge is -2.14. The van der Waals surface area contributed by atoms with Crippen molar-refractivity contribution in [2.24, 2.45) is 0 Å². The number of ketones is 1. The molecule has 0 spiro atoms. The molecule has 328 valence electrons. The van der Waals surface area contributed by atoms with Gasteiger partial charge in [0.1, 0.15) is 25.0 Å². The molecule has 0 rings (SSSR count). The van der Waals surface area contributed by atoms with Crippen LogP contribution in [0.5, 0.6) is 0 Å². The third-order valence-electron chi connectivity index (χ3n) is 8.25. The van der Waals surface area contributed by atoms with Crippen LogP contribution < -0.4 is 26.6 Å². The van der Waals surface area contributed by atoms with Gasteiger partial charge in [0.25, 0.3) is 0 Å². The van der Waals surface area contributed by atoms with Gasteiger partial charge in [-0.25, -0.2) is 4.79 Å². The van der Waals surface area contributed by atoms with Crippen LogP contribution in [0.25, 0.3) is 0 Å². The SMILES string of the molecule is CCCCCCCCCCCC(=O)NC(CCC(=O)NCCOCCOCC(=O)NCCOCCOCC(=O)NCCCCCC(C)=O)C(=O)O.CNC(C)C. The second kappa shape index (κ2) is 41.5. The highest BCUT2D eigenvalue weighted by atomic mass is 16.5. The minimum absolute atomic E-state index is 0.00531. The molecule has 0 saturated carbocycles. The number of aliphatic carboxylic acids is 1. The largest absolute Gasteiger partial charge is 0.480 e. The van der Waals surface area contributed by atoms with Crippen molar-refractivity contribution in [3.8, 4) is 0 Å².